The van der Waals surface area contributed by atoms with E-state index in [0.29, 0.717) is 12.7 Å². The topological polar surface area (TPSA) is 18.5 Å². The van der Waals surface area contributed by atoms with Crippen LogP contribution in [-0.2, 0) is 9.47 Å². The summed E-state index contributed by atoms with van der Waals surface area (Å²) in [7, 11) is 0. The third-order valence-corrected chi connectivity index (χ3v) is 4.09. The lowest BCUT2D eigenvalue weighted by atomic mass is 9.75. The van der Waals surface area contributed by atoms with E-state index in [1.54, 1.807) is 0 Å². The van der Waals surface area contributed by atoms with Gasteiger partial charge in [0.25, 0.3) is 0 Å². The van der Waals surface area contributed by atoms with Crippen molar-refractivity contribution in [2.45, 2.75) is 45.4 Å². The van der Waals surface area contributed by atoms with Crippen LogP contribution in [0, 0.1) is 17.8 Å². The second kappa shape index (κ2) is 5.86. The first-order valence-corrected chi connectivity index (χ1v) is 6.55. The highest BCUT2D eigenvalue weighted by atomic mass is 16.7. The molecule has 1 aliphatic heterocycles. The Morgan fingerprint density at radius 3 is 2.20 bits per heavy atom. The molecule has 2 heteroatoms. The molecule has 0 amide bonds. The quantitative estimate of drug-likeness (QED) is 0.715. The lowest BCUT2D eigenvalue weighted by Gasteiger charge is -2.35. The molecular weight excluding hydrogens is 188 g/mol. The normalized spacial score (nSPS) is 34.2. The van der Waals surface area contributed by atoms with Crippen molar-refractivity contribution >= 4 is 0 Å². The van der Waals surface area contributed by atoms with Crippen LogP contribution in [0.25, 0.3) is 0 Å². The summed E-state index contributed by atoms with van der Waals surface area (Å²) in [6.07, 6.45) is 8.48. The van der Waals surface area contributed by atoms with E-state index in [2.05, 4.69) is 6.92 Å². The molecular formula is C13H24O2. The van der Waals surface area contributed by atoms with Gasteiger partial charge in [0.05, 0.1) is 13.2 Å². The Bertz CT molecular complexity index is 167. The van der Waals surface area contributed by atoms with E-state index >= 15 is 0 Å². The van der Waals surface area contributed by atoms with Crippen LogP contribution in [0.15, 0.2) is 0 Å². The van der Waals surface area contributed by atoms with Gasteiger partial charge in [-0.3, -0.25) is 0 Å². The molecule has 2 rings (SSSR count). The summed E-state index contributed by atoms with van der Waals surface area (Å²) in [4.78, 5) is 0. The minimum Gasteiger partial charge on any atom is -0.355 e. The van der Waals surface area contributed by atoms with Crippen LogP contribution in [-0.4, -0.2) is 20.0 Å². The minimum absolute atomic E-state index is 0.516. The number of rotatable bonds is 3. The number of hydrogen-bond donors (Lipinski definition) is 0. The Kier molecular flexibility index (Phi) is 4.45. The van der Waals surface area contributed by atoms with Gasteiger partial charge in [-0.15, -0.1) is 0 Å². The van der Waals surface area contributed by atoms with Gasteiger partial charge in [0.15, 0.2) is 0 Å². The van der Waals surface area contributed by atoms with E-state index in [4.69, 9.17) is 9.47 Å². The molecule has 1 aliphatic carbocycles. The average Bonchev–Trinajstić information content (AvgIpc) is 2.32. The lowest BCUT2D eigenvalue weighted by Crippen LogP contribution is -2.32. The zero-order chi connectivity index (χ0) is 10.5. The van der Waals surface area contributed by atoms with Gasteiger partial charge in [0.2, 0.25) is 0 Å². The molecule has 0 bridgehead atoms. The lowest BCUT2D eigenvalue weighted by molar-refractivity contribution is -0.140. The van der Waals surface area contributed by atoms with E-state index in [1.165, 1.54) is 38.5 Å². The molecule has 2 fully saturated rings. The van der Waals surface area contributed by atoms with Crippen molar-refractivity contribution in [3.8, 4) is 0 Å². The van der Waals surface area contributed by atoms with Crippen LogP contribution in [0.2, 0.25) is 0 Å². The highest BCUT2D eigenvalue weighted by Gasteiger charge is 2.28. The SMILES string of the molecule is CCCC1CCC(C2COCOC2)CC1. The number of hydrogen-bond acceptors (Lipinski definition) is 2. The maximum Gasteiger partial charge on any atom is 0.146 e. The van der Waals surface area contributed by atoms with Gasteiger partial charge in [-0.2, -0.15) is 0 Å². The van der Waals surface area contributed by atoms with Crippen LogP contribution in [0.4, 0.5) is 0 Å². The van der Waals surface area contributed by atoms with Crippen LogP contribution >= 0.6 is 0 Å². The van der Waals surface area contributed by atoms with Gasteiger partial charge in [0.1, 0.15) is 6.79 Å². The third-order valence-electron chi connectivity index (χ3n) is 4.09. The van der Waals surface area contributed by atoms with Gasteiger partial charge >= 0.3 is 0 Å². The summed E-state index contributed by atoms with van der Waals surface area (Å²) in [6, 6.07) is 0. The standard InChI is InChI=1S/C13H24O2/c1-2-3-11-4-6-12(7-5-11)13-8-14-10-15-9-13/h11-13H,2-10H2,1H3. The van der Waals surface area contributed by atoms with E-state index < -0.39 is 0 Å². The summed E-state index contributed by atoms with van der Waals surface area (Å²) in [5.41, 5.74) is 0. The third kappa shape index (κ3) is 3.18. The zero-order valence-corrected chi connectivity index (χ0v) is 9.91. The van der Waals surface area contributed by atoms with Gasteiger partial charge in [-0.25, -0.2) is 0 Å². The van der Waals surface area contributed by atoms with E-state index in [1.807, 2.05) is 0 Å². The van der Waals surface area contributed by atoms with Crippen molar-refractivity contribution < 1.29 is 9.47 Å². The van der Waals surface area contributed by atoms with Crippen molar-refractivity contribution in [2.75, 3.05) is 20.0 Å². The molecule has 88 valence electrons. The first kappa shape index (κ1) is 11.4. The van der Waals surface area contributed by atoms with Crippen LogP contribution in [0.5, 0.6) is 0 Å². The predicted octanol–water partition coefficient (Wildman–Crippen LogP) is 3.21. The first-order valence-electron chi connectivity index (χ1n) is 6.55. The fourth-order valence-electron chi connectivity index (χ4n) is 3.13. The Morgan fingerprint density at radius 1 is 0.933 bits per heavy atom. The molecule has 1 saturated heterocycles. The summed E-state index contributed by atoms with van der Waals surface area (Å²) in [6.45, 7) is 4.68. The summed E-state index contributed by atoms with van der Waals surface area (Å²) < 4.78 is 10.8. The molecule has 0 aromatic heterocycles. The molecule has 0 aromatic rings. The molecule has 2 aliphatic rings. The van der Waals surface area contributed by atoms with E-state index in [0.717, 1.165) is 25.0 Å². The maximum absolute atomic E-state index is 5.39. The second-order valence-electron chi connectivity index (χ2n) is 5.19. The van der Waals surface area contributed by atoms with Gasteiger partial charge in [-0.05, 0) is 24.7 Å². The maximum atomic E-state index is 5.39. The Labute approximate surface area is 93.3 Å². The van der Waals surface area contributed by atoms with E-state index in [9.17, 15) is 0 Å². The molecule has 0 unspecified atom stereocenters. The van der Waals surface area contributed by atoms with Gasteiger partial charge in [-0.1, -0.05) is 32.6 Å². The zero-order valence-electron chi connectivity index (χ0n) is 9.91. The molecule has 1 saturated carbocycles. The largest absolute Gasteiger partial charge is 0.355 e. The van der Waals surface area contributed by atoms with Crippen molar-refractivity contribution in [3.63, 3.8) is 0 Å². The summed E-state index contributed by atoms with van der Waals surface area (Å²) >= 11 is 0. The Morgan fingerprint density at radius 2 is 1.60 bits per heavy atom. The molecule has 2 nitrogen and oxygen atoms in total. The van der Waals surface area contributed by atoms with Crippen LogP contribution in [0.3, 0.4) is 0 Å². The fraction of sp³-hybridized carbons (Fsp3) is 1.00. The van der Waals surface area contributed by atoms with Crippen molar-refractivity contribution in [1.29, 1.82) is 0 Å². The summed E-state index contributed by atoms with van der Waals surface area (Å²) in [5.74, 6) is 2.57. The molecule has 1 heterocycles. The van der Waals surface area contributed by atoms with Gasteiger partial charge < -0.3 is 9.47 Å². The molecule has 15 heavy (non-hydrogen) atoms. The molecule has 0 radical (unpaired) electrons. The fourth-order valence-corrected chi connectivity index (χ4v) is 3.13. The number of ether oxygens (including phenoxy) is 2. The first-order chi connectivity index (χ1) is 7.40. The van der Waals surface area contributed by atoms with Crippen LogP contribution in [0.1, 0.15) is 45.4 Å². The van der Waals surface area contributed by atoms with Crippen LogP contribution < -0.4 is 0 Å². The predicted molar refractivity (Wildman–Crippen MR) is 60.6 cm³/mol. The van der Waals surface area contributed by atoms with Crippen molar-refractivity contribution in [2.24, 2.45) is 17.8 Å². The average molecular weight is 212 g/mol. The van der Waals surface area contributed by atoms with Crippen molar-refractivity contribution in [3.05, 3.63) is 0 Å². The molecule has 0 atom stereocenters. The highest BCUT2D eigenvalue weighted by Crippen LogP contribution is 2.36. The minimum atomic E-state index is 0.516. The molecule has 0 aromatic carbocycles. The Hall–Kier alpha value is -0.0800. The van der Waals surface area contributed by atoms with Gasteiger partial charge in [0, 0.05) is 5.92 Å². The smallest absolute Gasteiger partial charge is 0.146 e. The monoisotopic (exact) mass is 212 g/mol. The Balaban J connectivity index is 1.72. The van der Waals surface area contributed by atoms with E-state index in [-0.39, 0.29) is 0 Å². The molecule has 0 N–H and O–H groups in total. The summed E-state index contributed by atoms with van der Waals surface area (Å²) in [5, 5.41) is 0. The van der Waals surface area contributed by atoms with Crippen molar-refractivity contribution in [1.82, 2.24) is 0 Å². The molecule has 0 spiro atoms. The second-order valence-corrected chi connectivity index (χ2v) is 5.19. The highest BCUT2D eigenvalue weighted by molar-refractivity contribution is 4.78.